The van der Waals surface area contributed by atoms with Crippen molar-refractivity contribution in [3.8, 4) is 0 Å². The molecule has 0 spiro atoms. The monoisotopic (exact) mass is 495 g/mol. The molecule has 0 bridgehead atoms. The second kappa shape index (κ2) is 9.75. The maximum atomic E-state index is 12.7. The second-order valence-electron chi connectivity index (χ2n) is 7.42. The molecule has 1 aromatic heterocycles. The molecule has 0 saturated heterocycles. The Kier molecular flexibility index (Phi) is 6.79. The number of carbonyl (C=O) groups is 2. The molecule has 0 saturated carbocycles. The van der Waals surface area contributed by atoms with Gasteiger partial charge in [-0.2, -0.15) is 5.10 Å². The molecule has 2 N–H and O–H groups in total. The lowest BCUT2D eigenvalue weighted by Crippen LogP contribution is -2.18. The van der Waals surface area contributed by atoms with Gasteiger partial charge < -0.3 is 5.32 Å². The molecule has 166 valence electrons. The summed E-state index contributed by atoms with van der Waals surface area (Å²) in [6.45, 7) is 3.77. The van der Waals surface area contributed by atoms with Gasteiger partial charge in [-0.25, -0.2) is 5.43 Å². The quantitative estimate of drug-likeness (QED) is 0.233. The molecule has 33 heavy (non-hydrogen) atoms. The third-order valence-electron chi connectivity index (χ3n) is 4.96. The molecule has 0 radical (unpaired) electrons. The van der Waals surface area contributed by atoms with Gasteiger partial charge in [0.25, 0.3) is 11.8 Å². The first kappa shape index (κ1) is 23.0. The molecule has 2 amide bonds. The lowest BCUT2D eigenvalue weighted by molar-refractivity contribution is 0.0958. The molecule has 4 rings (SSSR count). The average molecular weight is 496 g/mol. The first-order valence-electron chi connectivity index (χ1n) is 10.0. The first-order valence-corrected chi connectivity index (χ1v) is 11.6. The molecule has 0 aliphatic heterocycles. The summed E-state index contributed by atoms with van der Waals surface area (Å²) in [6.07, 6.45) is 0. The van der Waals surface area contributed by atoms with Crippen LogP contribution in [0.5, 0.6) is 0 Å². The van der Waals surface area contributed by atoms with Crippen molar-refractivity contribution in [3.05, 3.63) is 98.3 Å². The number of halogens is 2. The van der Waals surface area contributed by atoms with E-state index in [1.165, 1.54) is 11.3 Å². The highest BCUT2D eigenvalue weighted by Gasteiger charge is 2.17. The third-order valence-corrected chi connectivity index (χ3v) is 6.87. The van der Waals surface area contributed by atoms with Gasteiger partial charge in [-0.05, 0) is 67.4 Å². The number of nitrogens with zero attached hydrogens (tertiary/aromatic N) is 1. The van der Waals surface area contributed by atoms with E-state index in [1.54, 1.807) is 49.4 Å². The molecule has 1 heterocycles. The predicted octanol–water partition coefficient (Wildman–Crippen LogP) is 6.92. The molecular weight excluding hydrogens is 477 g/mol. The largest absolute Gasteiger partial charge is 0.322 e. The van der Waals surface area contributed by atoms with Crippen LogP contribution in [0, 0.1) is 6.92 Å². The number of nitrogens with one attached hydrogen (secondary N) is 2. The number of benzene rings is 3. The van der Waals surface area contributed by atoms with Gasteiger partial charge in [0.05, 0.1) is 10.7 Å². The van der Waals surface area contributed by atoms with E-state index in [-0.39, 0.29) is 11.8 Å². The Morgan fingerprint density at radius 3 is 2.42 bits per heavy atom. The number of fused-ring (bicyclic) bond motifs is 1. The Labute approximate surface area is 205 Å². The summed E-state index contributed by atoms with van der Waals surface area (Å²) in [6, 6.07) is 19.7. The Hall–Kier alpha value is -3.19. The Morgan fingerprint density at radius 2 is 1.67 bits per heavy atom. The minimum absolute atomic E-state index is 0.249. The van der Waals surface area contributed by atoms with Crippen LogP contribution in [-0.4, -0.2) is 17.5 Å². The summed E-state index contributed by atoms with van der Waals surface area (Å²) in [4.78, 5) is 25.6. The number of carbonyl (C=O) groups excluding carboxylic acids is 2. The van der Waals surface area contributed by atoms with Gasteiger partial charge in [0.1, 0.15) is 4.88 Å². The van der Waals surface area contributed by atoms with Crippen molar-refractivity contribution in [2.24, 2.45) is 5.10 Å². The van der Waals surface area contributed by atoms with Gasteiger partial charge in [-0.3, -0.25) is 9.59 Å². The van der Waals surface area contributed by atoms with Gasteiger partial charge in [0.15, 0.2) is 0 Å². The summed E-state index contributed by atoms with van der Waals surface area (Å²) in [5.41, 5.74) is 6.12. The zero-order valence-electron chi connectivity index (χ0n) is 17.8. The molecule has 0 aliphatic carbocycles. The van der Waals surface area contributed by atoms with Crippen molar-refractivity contribution in [2.75, 3.05) is 5.32 Å². The highest BCUT2D eigenvalue weighted by molar-refractivity contribution is 7.21. The number of thiophene rings is 1. The van der Waals surface area contributed by atoms with Crippen LogP contribution in [0.3, 0.4) is 0 Å². The van der Waals surface area contributed by atoms with Gasteiger partial charge in [0.2, 0.25) is 0 Å². The number of anilines is 1. The van der Waals surface area contributed by atoms with Crippen LogP contribution in [-0.2, 0) is 0 Å². The molecular formula is C25H19Cl2N3O2S. The summed E-state index contributed by atoms with van der Waals surface area (Å²) in [5.74, 6) is -0.619. The SMILES string of the molecule is C/C(=N/NC(=O)c1sc2cc(C)ccc2c1Cl)c1cccc(NC(=O)c2ccc(Cl)cc2)c1. The molecule has 0 aliphatic rings. The van der Waals surface area contributed by atoms with Crippen molar-refractivity contribution in [3.63, 3.8) is 0 Å². The number of rotatable bonds is 5. The van der Waals surface area contributed by atoms with E-state index in [2.05, 4.69) is 15.8 Å². The fourth-order valence-corrected chi connectivity index (χ4v) is 4.83. The summed E-state index contributed by atoms with van der Waals surface area (Å²) >= 11 is 13.6. The molecule has 8 heteroatoms. The fourth-order valence-electron chi connectivity index (χ4n) is 3.19. The van der Waals surface area contributed by atoms with Crippen molar-refractivity contribution < 1.29 is 9.59 Å². The van der Waals surface area contributed by atoms with Crippen molar-refractivity contribution >= 4 is 67.8 Å². The maximum Gasteiger partial charge on any atom is 0.283 e. The zero-order chi connectivity index (χ0) is 23.5. The van der Waals surface area contributed by atoms with Crippen molar-refractivity contribution in [2.45, 2.75) is 13.8 Å². The normalized spacial score (nSPS) is 11.5. The Bertz CT molecular complexity index is 1390. The smallest absolute Gasteiger partial charge is 0.283 e. The van der Waals surface area contributed by atoms with Gasteiger partial charge in [-0.15, -0.1) is 11.3 Å². The lowest BCUT2D eigenvalue weighted by Gasteiger charge is -2.08. The van der Waals surface area contributed by atoms with Gasteiger partial charge in [-0.1, -0.05) is 47.5 Å². The Balaban J connectivity index is 1.48. The standard InChI is InChI=1S/C25H19Cl2N3O2S/c1-14-6-11-20-21(12-14)33-23(22(20)27)25(32)30-29-15(2)17-4-3-5-19(13-17)28-24(31)16-7-9-18(26)10-8-16/h3-13H,1-2H3,(H,28,31)(H,30,32)/b29-15-. The average Bonchev–Trinajstić information content (AvgIpc) is 3.13. The van der Waals surface area contributed by atoms with Gasteiger partial charge >= 0.3 is 0 Å². The third kappa shape index (κ3) is 5.25. The van der Waals surface area contributed by atoms with E-state index in [9.17, 15) is 9.59 Å². The topological polar surface area (TPSA) is 70.6 Å². The van der Waals surface area contributed by atoms with E-state index in [4.69, 9.17) is 23.2 Å². The van der Waals surface area contributed by atoms with E-state index in [0.717, 1.165) is 21.2 Å². The molecule has 3 aromatic carbocycles. The van der Waals surface area contributed by atoms with Crippen LogP contribution in [0.4, 0.5) is 5.69 Å². The van der Waals surface area contributed by atoms with Crippen LogP contribution < -0.4 is 10.7 Å². The number of amides is 2. The molecule has 0 unspecified atom stereocenters. The number of hydrogen-bond acceptors (Lipinski definition) is 4. The van der Waals surface area contributed by atoms with E-state index in [1.807, 2.05) is 31.2 Å². The minimum atomic E-state index is -0.370. The second-order valence-corrected chi connectivity index (χ2v) is 9.29. The Morgan fingerprint density at radius 1 is 0.909 bits per heavy atom. The van der Waals surface area contributed by atoms with Crippen molar-refractivity contribution in [1.29, 1.82) is 0 Å². The maximum absolute atomic E-state index is 12.7. The van der Waals surface area contributed by atoms with E-state index >= 15 is 0 Å². The van der Waals surface area contributed by atoms with Crippen LogP contribution in [0.1, 0.15) is 38.1 Å². The lowest BCUT2D eigenvalue weighted by atomic mass is 10.1. The fraction of sp³-hybridized carbons (Fsp3) is 0.0800. The summed E-state index contributed by atoms with van der Waals surface area (Å²) in [7, 11) is 0. The van der Waals surface area contributed by atoms with E-state index < -0.39 is 0 Å². The number of aryl methyl sites for hydroxylation is 1. The van der Waals surface area contributed by atoms with Gasteiger partial charge in [0, 0.05) is 26.4 Å². The first-order chi connectivity index (χ1) is 15.8. The van der Waals surface area contributed by atoms with Crippen LogP contribution in [0.25, 0.3) is 10.1 Å². The number of hydrazone groups is 1. The zero-order valence-corrected chi connectivity index (χ0v) is 20.1. The van der Waals surface area contributed by atoms with Crippen LogP contribution in [0.2, 0.25) is 10.0 Å². The molecule has 5 nitrogen and oxygen atoms in total. The van der Waals surface area contributed by atoms with Crippen LogP contribution in [0.15, 0.2) is 71.8 Å². The highest BCUT2D eigenvalue weighted by atomic mass is 35.5. The number of hydrogen-bond donors (Lipinski definition) is 2. The molecule has 4 aromatic rings. The summed E-state index contributed by atoms with van der Waals surface area (Å²) < 4.78 is 0.954. The summed E-state index contributed by atoms with van der Waals surface area (Å²) in [5, 5.41) is 8.91. The van der Waals surface area contributed by atoms with Crippen molar-refractivity contribution in [1.82, 2.24) is 5.43 Å². The highest BCUT2D eigenvalue weighted by Crippen LogP contribution is 2.35. The van der Waals surface area contributed by atoms with Crippen LogP contribution >= 0.6 is 34.5 Å². The predicted molar refractivity (Wildman–Crippen MR) is 137 cm³/mol. The molecule has 0 fully saturated rings. The molecule has 0 atom stereocenters. The minimum Gasteiger partial charge on any atom is -0.322 e. The van der Waals surface area contributed by atoms with E-state index in [0.29, 0.717) is 31.9 Å².